The van der Waals surface area contributed by atoms with Gasteiger partial charge in [0.25, 0.3) is 0 Å². The molecule has 0 aliphatic rings. The van der Waals surface area contributed by atoms with Crippen LogP contribution < -0.4 is 10.1 Å². The molecule has 0 bridgehead atoms. The van der Waals surface area contributed by atoms with Gasteiger partial charge in [0.05, 0.1) is 12.7 Å². The molecule has 142 valence electrons. The molecular weight excluding hydrogens is 348 g/mol. The Labute approximate surface area is 157 Å². The molecule has 0 unspecified atom stereocenters. The molecule has 7 nitrogen and oxygen atoms in total. The Bertz CT molecular complexity index is 798. The number of ether oxygens (including phenoxy) is 2. The number of carbonyl (C=O) groups is 2. The van der Waals surface area contributed by atoms with Gasteiger partial charge in [0, 0.05) is 17.7 Å². The van der Waals surface area contributed by atoms with Crippen LogP contribution in [0.15, 0.2) is 53.7 Å². The van der Waals surface area contributed by atoms with Gasteiger partial charge in [-0.2, -0.15) is 0 Å². The van der Waals surface area contributed by atoms with E-state index in [1.165, 1.54) is 0 Å². The zero-order valence-electron chi connectivity index (χ0n) is 15.3. The fraction of sp³-hybridized carbons (Fsp3) is 0.250. The lowest BCUT2D eigenvalue weighted by Crippen LogP contribution is -2.15. The first-order chi connectivity index (χ1) is 13.1. The van der Waals surface area contributed by atoms with Crippen LogP contribution in [0.5, 0.6) is 5.75 Å². The molecule has 2 aromatic carbocycles. The third-order valence-electron chi connectivity index (χ3n) is 3.77. The van der Waals surface area contributed by atoms with Gasteiger partial charge in [-0.05, 0) is 55.0 Å². The minimum absolute atomic E-state index is 0.0730. The molecule has 0 radical (unpaired) electrons. The fourth-order valence-corrected chi connectivity index (χ4v) is 2.31. The highest BCUT2D eigenvalue weighted by atomic mass is 16.5. The number of benzene rings is 2. The van der Waals surface area contributed by atoms with Gasteiger partial charge in [-0.25, -0.2) is 4.79 Å². The smallest absolute Gasteiger partial charge is 0.338 e. The summed E-state index contributed by atoms with van der Waals surface area (Å²) in [5.41, 5.74) is 1.77. The molecule has 0 aliphatic heterocycles. The molecule has 0 fully saturated rings. The van der Waals surface area contributed by atoms with E-state index in [1.54, 1.807) is 55.6 Å². The summed E-state index contributed by atoms with van der Waals surface area (Å²) in [6, 6.07) is 13.2. The van der Waals surface area contributed by atoms with E-state index >= 15 is 0 Å². The van der Waals surface area contributed by atoms with Crippen LogP contribution in [0.3, 0.4) is 0 Å². The summed E-state index contributed by atoms with van der Waals surface area (Å²) < 4.78 is 10.3. The standard InChI is InChI=1S/C20H22N2O5/c1-3-4-19(23)21-16-9-5-15(6-10-16)20(24)27-13-18(22-25)14-7-11-17(26-2)12-8-14/h5-12,25H,3-4,13H2,1-2H3,(H,21,23)/b22-18+. The molecule has 27 heavy (non-hydrogen) atoms. The molecular formula is C20H22N2O5. The quantitative estimate of drug-likeness (QED) is 0.321. The summed E-state index contributed by atoms with van der Waals surface area (Å²) in [6.07, 6.45) is 1.21. The van der Waals surface area contributed by atoms with Crippen LogP contribution in [0.4, 0.5) is 5.69 Å². The van der Waals surface area contributed by atoms with Gasteiger partial charge in [-0.3, -0.25) is 4.79 Å². The highest BCUT2D eigenvalue weighted by Crippen LogP contribution is 2.14. The molecule has 0 aromatic heterocycles. The second-order valence-electron chi connectivity index (χ2n) is 5.73. The average Bonchev–Trinajstić information content (AvgIpc) is 2.69. The van der Waals surface area contributed by atoms with Crippen LogP contribution in [0, 0.1) is 0 Å². The summed E-state index contributed by atoms with van der Waals surface area (Å²) in [7, 11) is 1.55. The molecule has 2 N–H and O–H groups in total. The van der Waals surface area contributed by atoms with Gasteiger partial charge in [0.1, 0.15) is 18.1 Å². The summed E-state index contributed by atoms with van der Waals surface area (Å²) >= 11 is 0. The van der Waals surface area contributed by atoms with Crippen molar-refractivity contribution in [3.05, 3.63) is 59.7 Å². The van der Waals surface area contributed by atoms with Gasteiger partial charge >= 0.3 is 5.97 Å². The lowest BCUT2D eigenvalue weighted by molar-refractivity contribution is -0.116. The van der Waals surface area contributed by atoms with Crippen LogP contribution in [0.1, 0.15) is 35.7 Å². The Hall–Kier alpha value is -3.35. The third-order valence-corrected chi connectivity index (χ3v) is 3.77. The molecule has 2 rings (SSSR count). The molecule has 0 atom stereocenters. The molecule has 7 heteroatoms. The second-order valence-corrected chi connectivity index (χ2v) is 5.73. The number of hydrogen-bond acceptors (Lipinski definition) is 6. The van der Waals surface area contributed by atoms with Crippen LogP contribution in [-0.2, 0) is 9.53 Å². The summed E-state index contributed by atoms with van der Waals surface area (Å²) in [4.78, 5) is 23.7. The maximum Gasteiger partial charge on any atom is 0.338 e. The van der Waals surface area contributed by atoms with Crippen molar-refractivity contribution in [3.63, 3.8) is 0 Å². The third kappa shape index (κ3) is 5.85. The molecule has 0 saturated carbocycles. The normalized spacial score (nSPS) is 11.0. The average molecular weight is 370 g/mol. The number of nitrogens with one attached hydrogen (secondary N) is 1. The van der Waals surface area contributed by atoms with Crippen LogP contribution in [0.25, 0.3) is 0 Å². The SMILES string of the molecule is CCCC(=O)Nc1ccc(C(=O)OC/C(=N\O)c2ccc(OC)cc2)cc1. The summed E-state index contributed by atoms with van der Waals surface area (Å²) in [6.45, 7) is 1.74. The number of rotatable bonds is 8. The number of esters is 1. The predicted molar refractivity (Wildman–Crippen MR) is 102 cm³/mol. The van der Waals surface area contributed by atoms with Gasteiger partial charge in [-0.15, -0.1) is 0 Å². The van der Waals surface area contributed by atoms with Crippen LogP contribution in [0.2, 0.25) is 0 Å². The largest absolute Gasteiger partial charge is 0.497 e. The minimum Gasteiger partial charge on any atom is -0.497 e. The Balaban J connectivity index is 1.94. The van der Waals surface area contributed by atoms with E-state index in [-0.39, 0.29) is 18.2 Å². The summed E-state index contributed by atoms with van der Waals surface area (Å²) in [5.74, 6) is 0.0337. The molecule has 0 saturated heterocycles. The van der Waals surface area contributed by atoms with Crippen molar-refractivity contribution in [1.29, 1.82) is 0 Å². The zero-order chi connectivity index (χ0) is 19.6. The number of nitrogens with zero attached hydrogens (tertiary/aromatic N) is 1. The van der Waals surface area contributed by atoms with E-state index in [4.69, 9.17) is 9.47 Å². The number of methoxy groups -OCH3 is 1. The summed E-state index contributed by atoms with van der Waals surface area (Å²) in [5, 5.41) is 15.1. The van der Waals surface area contributed by atoms with Crippen molar-refractivity contribution in [2.75, 3.05) is 19.0 Å². The van der Waals surface area contributed by atoms with Crippen molar-refractivity contribution in [2.45, 2.75) is 19.8 Å². The van der Waals surface area contributed by atoms with E-state index in [1.807, 2.05) is 6.92 Å². The van der Waals surface area contributed by atoms with Crippen molar-refractivity contribution in [1.82, 2.24) is 0 Å². The van der Waals surface area contributed by atoms with Gasteiger partial charge < -0.3 is 20.0 Å². The van der Waals surface area contributed by atoms with Gasteiger partial charge in [0.2, 0.25) is 5.91 Å². The van der Waals surface area contributed by atoms with Gasteiger partial charge in [-0.1, -0.05) is 12.1 Å². The van der Waals surface area contributed by atoms with Crippen molar-refractivity contribution in [3.8, 4) is 5.75 Å². The van der Waals surface area contributed by atoms with Crippen molar-refractivity contribution < 1.29 is 24.3 Å². The van der Waals surface area contributed by atoms with Gasteiger partial charge in [0.15, 0.2) is 0 Å². The Morgan fingerprint density at radius 2 is 1.67 bits per heavy atom. The fourth-order valence-electron chi connectivity index (χ4n) is 2.31. The topological polar surface area (TPSA) is 97.2 Å². The Morgan fingerprint density at radius 3 is 2.22 bits per heavy atom. The lowest BCUT2D eigenvalue weighted by atomic mass is 10.1. The molecule has 0 spiro atoms. The molecule has 0 heterocycles. The van der Waals surface area contributed by atoms with E-state index in [9.17, 15) is 14.8 Å². The zero-order valence-corrected chi connectivity index (χ0v) is 15.3. The van der Waals surface area contributed by atoms with Crippen LogP contribution in [-0.4, -0.2) is 36.5 Å². The highest BCUT2D eigenvalue weighted by Gasteiger charge is 2.12. The Kier molecular flexibility index (Phi) is 7.37. The number of oxime groups is 1. The molecule has 1 amide bonds. The first-order valence-electron chi connectivity index (χ1n) is 8.49. The van der Waals surface area contributed by atoms with Crippen LogP contribution >= 0.6 is 0 Å². The van der Waals surface area contributed by atoms with E-state index in [0.717, 1.165) is 6.42 Å². The van der Waals surface area contributed by atoms with Crippen molar-refractivity contribution in [2.24, 2.45) is 5.16 Å². The predicted octanol–water partition coefficient (Wildman–Crippen LogP) is 3.47. The number of anilines is 1. The van der Waals surface area contributed by atoms with E-state index in [2.05, 4.69) is 10.5 Å². The second kappa shape index (κ2) is 9.96. The molecule has 0 aliphatic carbocycles. The first kappa shape index (κ1) is 20.0. The number of hydrogen-bond donors (Lipinski definition) is 2. The maximum atomic E-state index is 12.2. The lowest BCUT2D eigenvalue weighted by Gasteiger charge is -2.09. The Morgan fingerprint density at radius 1 is 1.04 bits per heavy atom. The maximum absolute atomic E-state index is 12.2. The first-order valence-corrected chi connectivity index (χ1v) is 8.49. The van der Waals surface area contributed by atoms with E-state index < -0.39 is 5.97 Å². The van der Waals surface area contributed by atoms with Crippen molar-refractivity contribution >= 4 is 23.3 Å². The van der Waals surface area contributed by atoms with E-state index in [0.29, 0.717) is 29.0 Å². The highest BCUT2D eigenvalue weighted by molar-refractivity contribution is 6.03. The monoisotopic (exact) mass is 370 g/mol. The minimum atomic E-state index is -0.559. The number of amides is 1. The molecule has 2 aromatic rings. The number of carbonyl (C=O) groups excluding carboxylic acids is 2.